The summed E-state index contributed by atoms with van der Waals surface area (Å²) in [6, 6.07) is 9.64. The molecule has 0 saturated heterocycles. The molecule has 0 saturated carbocycles. The van der Waals surface area contributed by atoms with Crippen LogP contribution in [0.5, 0.6) is 0 Å². The van der Waals surface area contributed by atoms with Gasteiger partial charge < -0.3 is 14.6 Å². The highest BCUT2D eigenvalue weighted by molar-refractivity contribution is 5.95. The normalized spacial score (nSPS) is 10.5. The molecule has 1 aromatic heterocycles. The summed E-state index contributed by atoms with van der Waals surface area (Å²) >= 11 is 0. The highest BCUT2D eigenvalue weighted by Gasteiger charge is 2.15. The second kappa shape index (κ2) is 6.91. The molecule has 2 aromatic rings. The number of nitrogens with zero attached hydrogens (tertiary/aromatic N) is 1. The standard InChI is InChI=1S/C16H20N2O2/c1-17-9-7-14-5-3-4-6-15(14)16(19)18(2)11-13-8-10-20-12-13/h3-6,8,10,12,17H,7,9,11H2,1-2H3. The molecule has 1 N–H and O–H groups in total. The Kier molecular flexibility index (Phi) is 4.96. The van der Waals surface area contributed by atoms with Gasteiger partial charge in [0, 0.05) is 24.7 Å². The molecular weight excluding hydrogens is 252 g/mol. The van der Waals surface area contributed by atoms with Crippen molar-refractivity contribution in [3.05, 3.63) is 59.5 Å². The van der Waals surface area contributed by atoms with Crippen molar-refractivity contribution in [2.24, 2.45) is 0 Å². The van der Waals surface area contributed by atoms with E-state index in [2.05, 4.69) is 5.32 Å². The molecule has 0 aliphatic rings. The Morgan fingerprint density at radius 2 is 2.10 bits per heavy atom. The third kappa shape index (κ3) is 3.48. The molecule has 4 nitrogen and oxygen atoms in total. The molecule has 0 fully saturated rings. The van der Waals surface area contributed by atoms with Gasteiger partial charge in [-0.25, -0.2) is 0 Å². The molecule has 0 bridgehead atoms. The van der Waals surface area contributed by atoms with Crippen LogP contribution < -0.4 is 5.32 Å². The monoisotopic (exact) mass is 272 g/mol. The maximum atomic E-state index is 12.5. The maximum Gasteiger partial charge on any atom is 0.254 e. The summed E-state index contributed by atoms with van der Waals surface area (Å²) in [5.41, 5.74) is 2.84. The average molecular weight is 272 g/mol. The third-order valence-corrected chi connectivity index (χ3v) is 3.24. The van der Waals surface area contributed by atoms with Crippen molar-refractivity contribution < 1.29 is 9.21 Å². The van der Waals surface area contributed by atoms with Crippen LogP contribution >= 0.6 is 0 Å². The van der Waals surface area contributed by atoms with Crippen LogP contribution in [0.25, 0.3) is 0 Å². The first-order valence-corrected chi connectivity index (χ1v) is 6.71. The fourth-order valence-corrected chi connectivity index (χ4v) is 2.14. The highest BCUT2D eigenvalue weighted by Crippen LogP contribution is 2.14. The molecule has 20 heavy (non-hydrogen) atoms. The predicted octanol–water partition coefficient (Wildman–Crippen LogP) is 2.31. The maximum absolute atomic E-state index is 12.5. The average Bonchev–Trinajstić information content (AvgIpc) is 2.97. The van der Waals surface area contributed by atoms with Gasteiger partial charge in [-0.3, -0.25) is 4.79 Å². The number of hydrogen-bond donors (Lipinski definition) is 1. The lowest BCUT2D eigenvalue weighted by Crippen LogP contribution is -2.27. The van der Waals surface area contributed by atoms with Crippen molar-refractivity contribution in [3.8, 4) is 0 Å². The largest absolute Gasteiger partial charge is 0.472 e. The van der Waals surface area contributed by atoms with Crippen molar-refractivity contribution >= 4 is 5.91 Å². The fourth-order valence-electron chi connectivity index (χ4n) is 2.14. The summed E-state index contributed by atoms with van der Waals surface area (Å²) in [5.74, 6) is 0.0397. The summed E-state index contributed by atoms with van der Waals surface area (Å²) in [5, 5.41) is 3.11. The smallest absolute Gasteiger partial charge is 0.254 e. The van der Waals surface area contributed by atoms with Crippen molar-refractivity contribution in [3.63, 3.8) is 0 Å². The predicted molar refractivity (Wildman–Crippen MR) is 78.6 cm³/mol. The van der Waals surface area contributed by atoms with Gasteiger partial charge in [0.25, 0.3) is 5.91 Å². The Labute approximate surface area is 119 Å². The van der Waals surface area contributed by atoms with Crippen molar-refractivity contribution in [1.82, 2.24) is 10.2 Å². The summed E-state index contributed by atoms with van der Waals surface area (Å²) in [6.07, 6.45) is 4.13. The summed E-state index contributed by atoms with van der Waals surface area (Å²) < 4.78 is 5.03. The molecule has 106 valence electrons. The summed E-state index contributed by atoms with van der Waals surface area (Å²) in [7, 11) is 3.72. The van der Waals surface area contributed by atoms with Gasteiger partial charge in [-0.2, -0.15) is 0 Å². The molecule has 0 radical (unpaired) electrons. The van der Waals surface area contributed by atoms with Crippen LogP contribution in [-0.2, 0) is 13.0 Å². The first-order chi connectivity index (χ1) is 9.72. The zero-order valence-corrected chi connectivity index (χ0v) is 11.9. The number of hydrogen-bond acceptors (Lipinski definition) is 3. The molecule has 1 heterocycles. The van der Waals surface area contributed by atoms with E-state index in [-0.39, 0.29) is 5.91 Å². The van der Waals surface area contributed by atoms with Gasteiger partial charge in [-0.05, 0) is 37.7 Å². The van der Waals surface area contributed by atoms with E-state index < -0.39 is 0 Å². The van der Waals surface area contributed by atoms with Crippen LogP contribution in [0.3, 0.4) is 0 Å². The molecule has 2 rings (SSSR count). The number of nitrogens with one attached hydrogen (secondary N) is 1. The van der Waals surface area contributed by atoms with Gasteiger partial charge in [-0.1, -0.05) is 18.2 Å². The molecule has 0 aliphatic carbocycles. The number of amides is 1. The van der Waals surface area contributed by atoms with Crippen LogP contribution in [0, 0.1) is 0 Å². The molecule has 0 spiro atoms. The van der Waals surface area contributed by atoms with E-state index in [9.17, 15) is 4.79 Å². The Balaban J connectivity index is 2.11. The number of rotatable bonds is 6. The molecular formula is C16H20N2O2. The van der Waals surface area contributed by atoms with Gasteiger partial charge in [0.1, 0.15) is 0 Å². The Bertz CT molecular complexity index is 549. The van der Waals surface area contributed by atoms with E-state index in [1.807, 2.05) is 44.4 Å². The Morgan fingerprint density at radius 1 is 1.30 bits per heavy atom. The van der Waals surface area contributed by atoms with Crippen LogP contribution in [0.4, 0.5) is 0 Å². The number of furan rings is 1. The van der Waals surface area contributed by atoms with Gasteiger partial charge in [-0.15, -0.1) is 0 Å². The SMILES string of the molecule is CNCCc1ccccc1C(=O)N(C)Cc1ccoc1. The summed E-state index contributed by atoms with van der Waals surface area (Å²) in [6.45, 7) is 1.41. The minimum absolute atomic E-state index is 0.0397. The molecule has 1 aromatic carbocycles. The van der Waals surface area contributed by atoms with E-state index in [1.165, 1.54) is 0 Å². The van der Waals surface area contributed by atoms with Crippen LogP contribution in [0.15, 0.2) is 47.3 Å². The van der Waals surface area contributed by atoms with Gasteiger partial charge >= 0.3 is 0 Å². The van der Waals surface area contributed by atoms with Crippen LogP contribution in [-0.4, -0.2) is 31.4 Å². The Morgan fingerprint density at radius 3 is 2.80 bits per heavy atom. The van der Waals surface area contributed by atoms with Gasteiger partial charge in [0.2, 0.25) is 0 Å². The zero-order chi connectivity index (χ0) is 14.4. The second-order valence-electron chi connectivity index (χ2n) is 4.80. The lowest BCUT2D eigenvalue weighted by Gasteiger charge is -2.18. The zero-order valence-electron chi connectivity index (χ0n) is 11.9. The van der Waals surface area contributed by atoms with Gasteiger partial charge in [0.15, 0.2) is 0 Å². The van der Waals surface area contributed by atoms with E-state index in [0.29, 0.717) is 6.54 Å². The minimum atomic E-state index is 0.0397. The molecule has 0 unspecified atom stereocenters. The van der Waals surface area contributed by atoms with Crippen molar-refractivity contribution in [2.45, 2.75) is 13.0 Å². The number of benzene rings is 1. The third-order valence-electron chi connectivity index (χ3n) is 3.24. The lowest BCUT2D eigenvalue weighted by molar-refractivity contribution is 0.0784. The molecule has 4 heteroatoms. The van der Waals surface area contributed by atoms with Crippen molar-refractivity contribution in [1.29, 1.82) is 0 Å². The lowest BCUT2D eigenvalue weighted by atomic mass is 10.0. The van der Waals surface area contributed by atoms with Crippen molar-refractivity contribution in [2.75, 3.05) is 20.6 Å². The summed E-state index contributed by atoms with van der Waals surface area (Å²) in [4.78, 5) is 14.2. The van der Waals surface area contributed by atoms with E-state index >= 15 is 0 Å². The highest BCUT2D eigenvalue weighted by atomic mass is 16.3. The second-order valence-corrected chi connectivity index (χ2v) is 4.80. The fraction of sp³-hybridized carbons (Fsp3) is 0.312. The number of carbonyl (C=O) groups is 1. The van der Waals surface area contributed by atoms with E-state index in [1.54, 1.807) is 17.4 Å². The molecule has 0 aliphatic heterocycles. The van der Waals surface area contributed by atoms with Crippen LogP contribution in [0.2, 0.25) is 0 Å². The van der Waals surface area contributed by atoms with Crippen LogP contribution in [0.1, 0.15) is 21.5 Å². The first kappa shape index (κ1) is 14.3. The quantitative estimate of drug-likeness (QED) is 0.877. The van der Waals surface area contributed by atoms with Gasteiger partial charge in [0.05, 0.1) is 12.5 Å². The van der Waals surface area contributed by atoms with E-state index in [0.717, 1.165) is 29.7 Å². The van der Waals surface area contributed by atoms with E-state index in [4.69, 9.17) is 4.42 Å². The number of carbonyl (C=O) groups excluding carboxylic acids is 1. The number of likely N-dealkylation sites (N-methyl/N-ethyl adjacent to an activating group) is 1. The topological polar surface area (TPSA) is 45.5 Å². The molecule has 1 amide bonds. The Hall–Kier alpha value is -2.07. The first-order valence-electron chi connectivity index (χ1n) is 6.71. The minimum Gasteiger partial charge on any atom is -0.472 e. The molecule has 0 atom stereocenters.